The van der Waals surface area contributed by atoms with E-state index in [1.807, 2.05) is 6.92 Å². The van der Waals surface area contributed by atoms with Crippen molar-refractivity contribution in [3.63, 3.8) is 0 Å². The van der Waals surface area contributed by atoms with Gasteiger partial charge in [0.1, 0.15) is 11.9 Å². The molecule has 3 atom stereocenters. The van der Waals surface area contributed by atoms with Gasteiger partial charge in [0, 0.05) is 48.7 Å². The number of aromatic nitrogens is 1. The number of carbonyl (C=O) groups excluding carboxylic acids is 2. The van der Waals surface area contributed by atoms with Crippen LogP contribution in [0.15, 0.2) is 78.0 Å². The molecule has 3 aromatic rings. The molecule has 0 saturated carbocycles. The number of sulfonamides is 1. The molecule has 4 rings (SSSR count). The van der Waals surface area contributed by atoms with E-state index in [0.29, 0.717) is 22.6 Å². The molecule has 0 unspecified atom stereocenters. The molecular formula is C29H34N4O6S. The fourth-order valence-corrected chi connectivity index (χ4v) is 5.76. The summed E-state index contributed by atoms with van der Waals surface area (Å²) in [4.78, 5) is 31.8. The van der Waals surface area contributed by atoms with Gasteiger partial charge in [-0.2, -0.15) is 4.31 Å². The number of benzene rings is 2. The number of rotatable bonds is 8. The number of carbonyl (C=O) groups is 2. The van der Waals surface area contributed by atoms with Crippen molar-refractivity contribution in [3.05, 3.63) is 84.2 Å². The minimum absolute atomic E-state index is 0.0176. The van der Waals surface area contributed by atoms with Gasteiger partial charge in [0.2, 0.25) is 15.9 Å². The normalized spacial score (nSPS) is 18.6. The maximum absolute atomic E-state index is 13.4. The lowest BCUT2D eigenvalue weighted by molar-refractivity contribution is -0.134. The highest BCUT2D eigenvalue weighted by Gasteiger charge is 2.33. The Morgan fingerprint density at radius 1 is 1.18 bits per heavy atom. The SMILES string of the molecule is C[C@@H]1CN([C@H](C)CO)C(=O)Cc2cc(NC(=O)c3ccncc3)ccc2O[C@@H]1CN(C)S(=O)(=O)c1ccccc1. The third kappa shape index (κ3) is 6.67. The minimum atomic E-state index is -3.78. The Labute approximate surface area is 234 Å². The lowest BCUT2D eigenvalue weighted by atomic mass is 10.0. The quantitative estimate of drug-likeness (QED) is 0.429. The van der Waals surface area contributed by atoms with Gasteiger partial charge in [-0.3, -0.25) is 14.6 Å². The van der Waals surface area contributed by atoms with Crippen LogP contribution in [0.3, 0.4) is 0 Å². The van der Waals surface area contributed by atoms with Gasteiger partial charge in [0.25, 0.3) is 5.91 Å². The van der Waals surface area contributed by atoms with Crippen LogP contribution in [0.4, 0.5) is 5.69 Å². The smallest absolute Gasteiger partial charge is 0.255 e. The van der Waals surface area contributed by atoms with Crippen LogP contribution in [-0.2, 0) is 21.2 Å². The van der Waals surface area contributed by atoms with Crippen molar-refractivity contribution in [3.8, 4) is 5.75 Å². The van der Waals surface area contributed by atoms with Crippen LogP contribution in [-0.4, -0.2) is 78.4 Å². The van der Waals surface area contributed by atoms with Gasteiger partial charge in [0.05, 0.1) is 30.5 Å². The van der Waals surface area contributed by atoms with E-state index in [1.165, 1.54) is 23.7 Å². The summed E-state index contributed by atoms with van der Waals surface area (Å²) in [7, 11) is -2.28. The van der Waals surface area contributed by atoms with Crippen molar-refractivity contribution < 1.29 is 27.9 Å². The Bertz CT molecular complexity index is 1440. The summed E-state index contributed by atoms with van der Waals surface area (Å²) in [5.41, 5.74) is 1.46. The monoisotopic (exact) mass is 566 g/mol. The van der Waals surface area contributed by atoms with E-state index < -0.39 is 22.2 Å². The molecule has 2 aromatic carbocycles. The lowest BCUT2D eigenvalue weighted by Crippen LogP contribution is -2.48. The van der Waals surface area contributed by atoms with Crippen LogP contribution in [0.1, 0.15) is 29.8 Å². The molecule has 0 bridgehead atoms. The number of anilines is 1. The minimum Gasteiger partial charge on any atom is -0.488 e. The largest absolute Gasteiger partial charge is 0.488 e. The molecule has 0 aliphatic carbocycles. The zero-order valence-electron chi connectivity index (χ0n) is 22.7. The topological polar surface area (TPSA) is 129 Å². The molecule has 1 aliphatic rings. The van der Waals surface area contributed by atoms with Gasteiger partial charge in [-0.25, -0.2) is 8.42 Å². The number of amides is 2. The summed E-state index contributed by atoms with van der Waals surface area (Å²) < 4.78 is 34.2. The van der Waals surface area contributed by atoms with Crippen molar-refractivity contribution in [1.29, 1.82) is 0 Å². The summed E-state index contributed by atoms with van der Waals surface area (Å²) in [6, 6.07) is 16.0. The van der Waals surface area contributed by atoms with Crippen molar-refractivity contribution in [2.45, 2.75) is 37.3 Å². The molecule has 11 heteroatoms. The van der Waals surface area contributed by atoms with E-state index in [1.54, 1.807) is 72.5 Å². The van der Waals surface area contributed by atoms with Crippen molar-refractivity contribution in [2.75, 3.05) is 32.1 Å². The van der Waals surface area contributed by atoms with E-state index in [-0.39, 0.29) is 48.7 Å². The van der Waals surface area contributed by atoms with E-state index in [9.17, 15) is 23.1 Å². The van der Waals surface area contributed by atoms with Crippen LogP contribution >= 0.6 is 0 Å². The fourth-order valence-electron chi connectivity index (χ4n) is 4.56. The summed E-state index contributed by atoms with van der Waals surface area (Å²) >= 11 is 0. The van der Waals surface area contributed by atoms with Crippen LogP contribution < -0.4 is 10.1 Å². The number of nitrogens with one attached hydrogen (secondary N) is 1. The Morgan fingerprint density at radius 2 is 1.88 bits per heavy atom. The molecular weight excluding hydrogens is 532 g/mol. The predicted octanol–water partition coefficient (Wildman–Crippen LogP) is 2.80. The highest BCUT2D eigenvalue weighted by molar-refractivity contribution is 7.89. The first kappa shape index (κ1) is 29.2. The number of nitrogens with zero attached hydrogens (tertiary/aromatic N) is 3. The maximum atomic E-state index is 13.4. The summed E-state index contributed by atoms with van der Waals surface area (Å²) in [5.74, 6) is -0.381. The van der Waals surface area contributed by atoms with Crippen molar-refractivity contribution in [1.82, 2.24) is 14.2 Å². The molecule has 0 fully saturated rings. The molecule has 1 aliphatic heterocycles. The van der Waals surface area contributed by atoms with Crippen LogP contribution in [0.25, 0.3) is 0 Å². The predicted molar refractivity (Wildman–Crippen MR) is 150 cm³/mol. The first-order valence-electron chi connectivity index (χ1n) is 13.0. The summed E-state index contributed by atoms with van der Waals surface area (Å²) in [6.07, 6.45) is 2.42. The molecule has 1 aromatic heterocycles. The third-order valence-corrected chi connectivity index (χ3v) is 8.84. The Kier molecular flexibility index (Phi) is 9.18. The Morgan fingerprint density at radius 3 is 2.55 bits per heavy atom. The molecule has 0 spiro atoms. The molecule has 212 valence electrons. The molecule has 2 heterocycles. The Balaban J connectivity index is 1.65. The number of aliphatic hydroxyl groups excluding tert-OH is 1. The maximum Gasteiger partial charge on any atom is 0.255 e. The van der Waals surface area contributed by atoms with Crippen molar-refractivity contribution in [2.24, 2.45) is 5.92 Å². The molecule has 0 radical (unpaired) electrons. The first-order valence-corrected chi connectivity index (χ1v) is 14.5. The van der Waals surface area contributed by atoms with Crippen LogP contribution in [0.5, 0.6) is 5.75 Å². The third-order valence-electron chi connectivity index (χ3n) is 7.01. The van der Waals surface area contributed by atoms with Crippen LogP contribution in [0.2, 0.25) is 0 Å². The molecule has 10 nitrogen and oxygen atoms in total. The standard InChI is InChI=1S/C29H34N4O6S/c1-20-17-33(21(2)19-34)28(35)16-23-15-24(31-29(36)22-11-13-30-14-12-22)9-10-26(23)39-27(20)18-32(3)40(37,38)25-7-5-4-6-8-25/h4-15,20-21,27,34H,16-19H2,1-3H3,(H,31,36)/t20-,21-,27-/m1/s1. The van der Waals surface area contributed by atoms with E-state index in [4.69, 9.17) is 4.74 Å². The summed E-state index contributed by atoms with van der Waals surface area (Å²) in [5, 5.41) is 12.7. The highest BCUT2D eigenvalue weighted by atomic mass is 32.2. The summed E-state index contributed by atoms with van der Waals surface area (Å²) in [6.45, 7) is 3.74. The van der Waals surface area contributed by atoms with Gasteiger partial charge >= 0.3 is 0 Å². The van der Waals surface area contributed by atoms with E-state index in [0.717, 1.165) is 0 Å². The number of hydrogen-bond donors (Lipinski definition) is 2. The van der Waals surface area contributed by atoms with Crippen molar-refractivity contribution >= 4 is 27.5 Å². The molecule has 0 saturated heterocycles. The average Bonchev–Trinajstić information content (AvgIpc) is 3.01. The molecule has 2 amide bonds. The van der Waals surface area contributed by atoms with Gasteiger partial charge in [-0.05, 0) is 49.4 Å². The zero-order chi connectivity index (χ0) is 28.9. The second-order valence-electron chi connectivity index (χ2n) is 10.00. The average molecular weight is 567 g/mol. The van der Waals surface area contributed by atoms with E-state index in [2.05, 4.69) is 10.3 Å². The molecule has 40 heavy (non-hydrogen) atoms. The number of likely N-dealkylation sites (N-methyl/N-ethyl adjacent to an activating group) is 1. The molecule has 2 N–H and O–H groups in total. The highest BCUT2D eigenvalue weighted by Crippen LogP contribution is 2.30. The first-order chi connectivity index (χ1) is 19.1. The number of aliphatic hydroxyl groups is 1. The van der Waals surface area contributed by atoms with Gasteiger partial charge < -0.3 is 20.1 Å². The number of pyridine rings is 1. The lowest BCUT2D eigenvalue weighted by Gasteiger charge is -2.33. The number of hydrogen-bond acceptors (Lipinski definition) is 7. The second kappa shape index (κ2) is 12.6. The number of fused-ring (bicyclic) bond motifs is 1. The van der Waals surface area contributed by atoms with Crippen LogP contribution in [0, 0.1) is 5.92 Å². The zero-order valence-corrected chi connectivity index (χ0v) is 23.5. The Hall–Kier alpha value is -3.80. The second-order valence-corrected chi connectivity index (χ2v) is 12.0. The van der Waals surface area contributed by atoms with Gasteiger partial charge in [-0.1, -0.05) is 25.1 Å². The van der Waals surface area contributed by atoms with E-state index >= 15 is 0 Å². The fraction of sp³-hybridized carbons (Fsp3) is 0.345. The van der Waals surface area contributed by atoms with Gasteiger partial charge in [-0.15, -0.1) is 0 Å². The van der Waals surface area contributed by atoms with Gasteiger partial charge in [0.15, 0.2) is 0 Å². The number of ether oxygens (including phenoxy) is 1.